The number of amides is 1. The molecule has 0 bridgehead atoms. The van der Waals surface area contributed by atoms with Crippen molar-refractivity contribution in [2.24, 2.45) is 0 Å². The lowest BCUT2D eigenvalue weighted by Gasteiger charge is -2.45. The van der Waals surface area contributed by atoms with Gasteiger partial charge in [-0.2, -0.15) is 0 Å². The molecule has 2 aliphatic rings. The third-order valence-electron chi connectivity index (χ3n) is 6.94. The number of carbonyl (C=O) groups excluding carboxylic acids is 1. The van der Waals surface area contributed by atoms with Gasteiger partial charge in [0, 0.05) is 48.9 Å². The third-order valence-corrected chi connectivity index (χ3v) is 6.94. The van der Waals surface area contributed by atoms with E-state index in [2.05, 4.69) is 16.8 Å². The molecule has 1 fully saturated rings. The average molecular weight is 469 g/mol. The minimum atomic E-state index is -1.18. The van der Waals surface area contributed by atoms with Gasteiger partial charge in [-0.1, -0.05) is 12.1 Å². The highest BCUT2D eigenvalue weighted by Gasteiger charge is 2.41. The second kappa shape index (κ2) is 10.0. The van der Waals surface area contributed by atoms with Gasteiger partial charge in [-0.15, -0.1) is 0 Å². The molecule has 1 saturated heterocycles. The highest BCUT2D eigenvalue weighted by atomic mass is 19.2. The van der Waals surface area contributed by atoms with E-state index in [4.69, 9.17) is 0 Å². The smallest absolute Gasteiger partial charge is 0.333 e. The Balaban J connectivity index is 1.60. The molecule has 2 aliphatic heterocycles. The number of pyridine rings is 1. The van der Waals surface area contributed by atoms with Crippen molar-refractivity contribution >= 4 is 11.9 Å². The van der Waals surface area contributed by atoms with Gasteiger partial charge in [0.05, 0.1) is 11.7 Å². The Labute approximate surface area is 197 Å². The maximum atomic E-state index is 13.9. The van der Waals surface area contributed by atoms with E-state index in [0.717, 1.165) is 43.8 Å². The van der Waals surface area contributed by atoms with Crippen LogP contribution in [0.4, 0.5) is 8.78 Å². The van der Waals surface area contributed by atoms with E-state index >= 15 is 0 Å². The van der Waals surface area contributed by atoms with E-state index in [1.54, 1.807) is 13.1 Å². The van der Waals surface area contributed by atoms with Crippen LogP contribution in [0, 0.1) is 18.6 Å². The molecule has 2 aromatic rings. The molecule has 4 rings (SSSR count). The van der Waals surface area contributed by atoms with Crippen molar-refractivity contribution in [1.82, 2.24) is 14.8 Å². The largest absolute Gasteiger partial charge is 0.478 e. The molecule has 2 atom stereocenters. The molecule has 34 heavy (non-hydrogen) atoms. The number of hydrogen-bond acceptors (Lipinski definition) is 4. The molecule has 1 aromatic heterocycles. The van der Waals surface area contributed by atoms with Crippen LogP contribution in [0.1, 0.15) is 55.7 Å². The predicted octanol–water partition coefficient (Wildman–Crippen LogP) is 4.46. The molecule has 0 aliphatic carbocycles. The fraction of sp³-hybridized carbons (Fsp3) is 0.385. The number of piperidine rings is 1. The number of benzene rings is 1. The molecule has 179 valence electrons. The SMILES string of the molecule is [CH2]CC(N1CCC(c2ccccn2)CC1)N1C(=O)CC(c2ccc(F)c(F)c2)C(C(=O)O)=C1C. The summed E-state index contributed by atoms with van der Waals surface area (Å²) in [5.41, 5.74) is 1.67. The number of aromatic nitrogens is 1. The number of carboxylic acid groups (broad SMARTS) is 1. The van der Waals surface area contributed by atoms with Crippen molar-refractivity contribution in [2.45, 2.75) is 50.6 Å². The number of allylic oxidation sites excluding steroid dienone is 1. The number of rotatable bonds is 6. The first kappa shape index (κ1) is 24.0. The maximum Gasteiger partial charge on any atom is 0.333 e. The van der Waals surface area contributed by atoms with Gasteiger partial charge in [-0.3, -0.25) is 19.6 Å². The summed E-state index contributed by atoms with van der Waals surface area (Å²) in [5.74, 6) is -4.03. The maximum absolute atomic E-state index is 13.9. The van der Waals surface area contributed by atoms with Gasteiger partial charge in [0.15, 0.2) is 11.6 Å². The Kier molecular flexibility index (Phi) is 7.07. The lowest BCUT2D eigenvalue weighted by molar-refractivity contribution is -0.138. The van der Waals surface area contributed by atoms with Crippen molar-refractivity contribution in [1.29, 1.82) is 0 Å². The molecule has 0 spiro atoms. The number of halogens is 2. The Hall–Kier alpha value is -3.13. The summed E-state index contributed by atoms with van der Waals surface area (Å²) in [5, 5.41) is 9.99. The van der Waals surface area contributed by atoms with Gasteiger partial charge in [0.1, 0.15) is 0 Å². The van der Waals surface area contributed by atoms with E-state index in [0.29, 0.717) is 18.0 Å². The van der Waals surface area contributed by atoms with E-state index in [-0.39, 0.29) is 29.6 Å². The van der Waals surface area contributed by atoms with Gasteiger partial charge in [-0.05, 0) is 62.9 Å². The van der Waals surface area contributed by atoms with Crippen LogP contribution in [0.15, 0.2) is 53.9 Å². The zero-order valence-corrected chi connectivity index (χ0v) is 19.1. The molecular weight excluding hydrogens is 440 g/mol. The van der Waals surface area contributed by atoms with Crippen molar-refractivity contribution in [3.8, 4) is 0 Å². The average Bonchev–Trinajstić information content (AvgIpc) is 2.83. The zero-order valence-electron chi connectivity index (χ0n) is 19.1. The Morgan fingerprint density at radius 2 is 1.94 bits per heavy atom. The summed E-state index contributed by atoms with van der Waals surface area (Å²) in [7, 11) is 0. The second-order valence-electron chi connectivity index (χ2n) is 8.83. The predicted molar refractivity (Wildman–Crippen MR) is 122 cm³/mol. The summed E-state index contributed by atoms with van der Waals surface area (Å²) in [6.07, 6.45) is 3.42. The van der Waals surface area contributed by atoms with Crippen LogP contribution in [0.2, 0.25) is 0 Å². The molecule has 8 heteroatoms. The van der Waals surface area contributed by atoms with Crippen LogP contribution in [0.25, 0.3) is 0 Å². The summed E-state index contributed by atoms with van der Waals surface area (Å²) in [4.78, 5) is 33.7. The van der Waals surface area contributed by atoms with Gasteiger partial charge < -0.3 is 5.11 Å². The Bertz CT molecular complexity index is 1100. The number of aliphatic carboxylic acids is 1. The van der Waals surface area contributed by atoms with Crippen molar-refractivity contribution in [2.75, 3.05) is 13.1 Å². The highest BCUT2D eigenvalue weighted by Crippen LogP contribution is 2.39. The first-order valence-corrected chi connectivity index (χ1v) is 11.5. The van der Waals surface area contributed by atoms with Gasteiger partial charge in [-0.25, -0.2) is 13.6 Å². The third kappa shape index (κ3) is 4.59. The first-order valence-electron chi connectivity index (χ1n) is 11.5. The summed E-state index contributed by atoms with van der Waals surface area (Å²) in [6.45, 7) is 7.11. The Morgan fingerprint density at radius 1 is 1.21 bits per heavy atom. The van der Waals surface area contributed by atoms with Crippen LogP contribution in [0.3, 0.4) is 0 Å². The first-order chi connectivity index (χ1) is 16.3. The molecule has 1 N–H and O–H groups in total. The van der Waals surface area contributed by atoms with Crippen LogP contribution < -0.4 is 0 Å². The Morgan fingerprint density at radius 3 is 2.53 bits per heavy atom. The van der Waals surface area contributed by atoms with E-state index in [1.165, 1.54) is 11.0 Å². The highest BCUT2D eigenvalue weighted by molar-refractivity contribution is 5.94. The normalized spacial score (nSPS) is 21.1. The van der Waals surface area contributed by atoms with Gasteiger partial charge >= 0.3 is 5.97 Å². The molecule has 0 saturated carbocycles. The number of nitrogens with zero attached hydrogens (tertiary/aromatic N) is 3. The lowest BCUT2D eigenvalue weighted by atomic mass is 9.83. The number of likely N-dealkylation sites (tertiary alicyclic amines) is 1. The zero-order chi connectivity index (χ0) is 24.4. The summed E-state index contributed by atoms with van der Waals surface area (Å²) in [6, 6.07) is 9.16. The molecule has 3 heterocycles. The monoisotopic (exact) mass is 468 g/mol. The van der Waals surface area contributed by atoms with Crippen LogP contribution in [-0.2, 0) is 9.59 Å². The number of carboxylic acids is 1. The van der Waals surface area contributed by atoms with E-state index < -0.39 is 23.5 Å². The standard InChI is InChI=1S/C26H28F2N3O3/c1-3-23(30-12-9-17(10-13-30)22-6-4-5-11-29-22)31-16(2)25(26(33)34)19(15-24(31)32)18-7-8-20(27)21(28)14-18/h4-8,11,14,17,19,23H,1,3,9-10,12-13,15H2,2H3,(H,33,34). The fourth-order valence-electron chi connectivity index (χ4n) is 5.24. The van der Waals surface area contributed by atoms with Crippen LogP contribution in [0.5, 0.6) is 0 Å². The number of carbonyl (C=O) groups is 2. The van der Waals surface area contributed by atoms with Crippen molar-refractivity contribution in [3.05, 3.63) is 83.7 Å². The van der Waals surface area contributed by atoms with E-state index in [9.17, 15) is 23.5 Å². The molecule has 1 amide bonds. The molecular formula is C26H28F2N3O3. The minimum Gasteiger partial charge on any atom is -0.478 e. The quantitative estimate of drug-likeness (QED) is 0.678. The molecule has 6 nitrogen and oxygen atoms in total. The molecule has 1 aromatic carbocycles. The van der Waals surface area contributed by atoms with E-state index in [1.807, 2.05) is 18.2 Å². The summed E-state index contributed by atoms with van der Waals surface area (Å²) < 4.78 is 27.3. The fourth-order valence-corrected chi connectivity index (χ4v) is 5.24. The minimum absolute atomic E-state index is 0.0208. The second-order valence-corrected chi connectivity index (χ2v) is 8.83. The van der Waals surface area contributed by atoms with Crippen LogP contribution >= 0.6 is 0 Å². The van der Waals surface area contributed by atoms with Crippen LogP contribution in [-0.4, -0.2) is 51.0 Å². The van der Waals surface area contributed by atoms with Gasteiger partial charge in [0.25, 0.3) is 0 Å². The molecule has 2 unspecified atom stereocenters. The molecule has 1 radical (unpaired) electrons. The summed E-state index contributed by atoms with van der Waals surface area (Å²) >= 11 is 0. The van der Waals surface area contributed by atoms with Gasteiger partial charge in [0.2, 0.25) is 5.91 Å². The number of hydrogen-bond donors (Lipinski definition) is 1. The van der Waals surface area contributed by atoms with Crippen molar-refractivity contribution in [3.63, 3.8) is 0 Å². The van der Waals surface area contributed by atoms with Crippen molar-refractivity contribution < 1.29 is 23.5 Å². The lowest BCUT2D eigenvalue weighted by Crippen LogP contribution is -2.54. The topological polar surface area (TPSA) is 73.7 Å².